The second-order valence-corrected chi connectivity index (χ2v) is 2.90. The summed E-state index contributed by atoms with van der Waals surface area (Å²) >= 11 is 5.81. The van der Waals surface area contributed by atoms with Crippen LogP contribution in [0.1, 0.15) is 4.11 Å². The fourth-order valence-corrected chi connectivity index (χ4v) is 0.819. The average molecular weight is 257 g/mol. The minimum absolute atomic E-state index is 0.0218. The van der Waals surface area contributed by atoms with Gasteiger partial charge in [0.15, 0.2) is 0 Å². The zero-order chi connectivity index (χ0) is 9.46. The fraction of sp³-hybridized carbons (Fsp3) is 0. The lowest BCUT2D eigenvalue weighted by Crippen LogP contribution is -1.75. The molecule has 48 valence electrons. The Morgan fingerprint density at radius 1 is 1.44 bits per heavy atom. The van der Waals surface area contributed by atoms with E-state index in [4.69, 9.17) is 4.11 Å². The van der Waals surface area contributed by atoms with Crippen molar-refractivity contribution in [3.05, 3.63) is 32.9 Å². The molecule has 0 unspecified atom stereocenters. The van der Waals surface area contributed by atoms with Gasteiger partial charge in [-0.15, -0.1) is 0 Å². The normalized spacial score (nSPS) is 14.3. The van der Waals surface area contributed by atoms with Crippen LogP contribution in [-0.4, -0.2) is 0 Å². The summed E-state index contributed by atoms with van der Waals surface area (Å²) in [6, 6.07) is -1.16. The highest BCUT2D eigenvalue weighted by atomic mass is 79.9. The SMILES string of the molecule is [2H]c1c([2H])c(F)c(Br)c(Br)c1[2H]. The van der Waals surface area contributed by atoms with E-state index in [1.807, 2.05) is 0 Å². The molecular weight excluding hydrogens is 251 g/mol. The van der Waals surface area contributed by atoms with Crippen LogP contribution in [0.2, 0.25) is 0 Å². The molecule has 0 N–H and O–H groups in total. The number of rotatable bonds is 0. The van der Waals surface area contributed by atoms with Crippen molar-refractivity contribution in [2.24, 2.45) is 0 Å². The second kappa shape index (κ2) is 2.80. The van der Waals surface area contributed by atoms with Crippen molar-refractivity contribution in [1.29, 1.82) is 0 Å². The van der Waals surface area contributed by atoms with Gasteiger partial charge in [0.25, 0.3) is 0 Å². The lowest BCUT2D eigenvalue weighted by atomic mass is 10.4. The first-order valence-corrected chi connectivity index (χ1v) is 3.65. The van der Waals surface area contributed by atoms with Crippen molar-refractivity contribution >= 4 is 31.9 Å². The van der Waals surface area contributed by atoms with Gasteiger partial charge < -0.3 is 0 Å². The van der Waals surface area contributed by atoms with Gasteiger partial charge in [0.2, 0.25) is 0 Å². The van der Waals surface area contributed by atoms with Gasteiger partial charge in [-0.25, -0.2) is 4.39 Å². The molecule has 0 saturated heterocycles. The third-order valence-electron chi connectivity index (χ3n) is 0.730. The molecular formula is C6H3Br2F. The van der Waals surface area contributed by atoms with Crippen molar-refractivity contribution in [1.82, 2.24) is 0 Å². The quantitative estimate of drug-likeness (QED) is 0.625. The molecule has 0 aliphatic heterocycles. The molecule has 1 aromatic carbocycles. The second-order valence-electron chi connectivity index (χ2n) is 1.32. The van der Waals surface area contributed by atoms with Gasteiger partial charge in [0, 0.05) is 4.47 Å². The third-order valence-corrected chi connectivity index (χ3v) is 2.60. The Morgan fingerprint density at radius 2 is 2.11 bits per heavy atom. The molecule has 0 bridgehead atoms. The third kappa shape index (κ3) is 1.52. The van der Waals surface area contributed by atoms with Crippen LogP contribution >= 0.6 is 31.9 Å². The molecule has 0 aromatic heterocycles. The molecule has 0 amide bonds. The van der Waals surface area contributed by atoms with Crippen molar-refractivity contribution in [3.8, 4) is 0 Å². The van der Waals surface area contributed by atoms with E-state index in [2.05, 4.69) is 31.9 Å². The summed E-state index contributed by atoms with van der Waals surface area (Å²) in [4.78, 5) is 0. The Hall–Kier alpha value is 0.110. The summed E-state index contributed by atoms with van der Waals surface area (Å²) in [7, 11) is 0. The molecule has 0 heterocycles. The van der Waals surface area contributed by atoms with Gasteiger partial charge in [-0.1, -0.05) is 6.04 Å². The van der Waals surface area contributed by atoms with Crippen molar-refractivity contribution in [2.75, 3.05) is 0 Å². The molecule has 1 rings (SSSR count). The van der Waals surface area contributed by atoms with E-state index in [1.54, 1.807) is 0 Å². The molecule has 3 heteroatoms. The van der Waals surface area contributed by atoms with Crippen LogP contribution in [0.5, 0.6) is 0 Å². The Labute approximate surface area is 73.5 Å². The van der Waals surface area contributed by atoms with Gasteiger partial charge >= 0.3 is 0 Å². The lowest BCUT2D eigenvalue weighted by molar-refractivity contribution is 0.620. The predicted molar refractivity (Wildman–Crippen MR) is 41.8 cm³/mol. The summed E-state index contributed by atoms with van der Waals surface area (Å²) in [6.07, 6.45) is 0. The minimum atomic E-state index is -0.817. The maximum absolute atomic E-state index is 13.0. The predicted octanol–water partition coefficient (Wildman–Crippen LogP) is 3.35. The first-order chi connectivity index (χ1) is 5.46. The van der Waals surface area contributed by atoms with Gasteiger partial charge in [-0.3, -0.25) is 0 Å². The van der Waals surface area contributed by atoms with E-state index >= 15 is 0 Å². The molecule has 0 radical (unpaired) electrons. The van der Waals surface area contributed by atoms with Crippen molar-refractivity contribution in [2.45, 2.75) is 0 Å². The van der Waals surface area contributed by atoms with Crippen LogP contribution in [-0.2, 0) is 0 Å². The molecule has 0 saturated carbocycles. The molecule has 9 heavy (non-hydrogen) atoms. The van der Waals surface area contributed by atoms with E-state index in [1.165, 1.54) is 0 Å². The standard InChI is InChI=1S/C6H3Br2F/c7-4-2-1-3-5(9)6(4)8/h1-3H/i1D,2D,3D. The molecule has 0 aliphatic rings. The number of halogens is 3. The maximum atomic E-state index is 13.0. The smallest absolute Gasteiger partial charge is 0.138 e. The zero-order valence-electron chi connectivity index (χ0n) is 7.13. The molecule has 1 aromatic rings. The van der Waals surface area contributed by atoms with Gasteiger partial charge in [-0.05, 0) is 43.9 Å². The molecule has 0 nitrogen and oxygen atoms in total. The summed E-state index contributed by atoms with van der Waals surface area (Å²) in [5.74, 6) is -0.817. The molecule has 0 fully saturated rings. The molecule has 0 atom stereocenters. The summed E-state index contributed by atoms with van der Waals surface area (Å²) in [5.41, 5.74) is 0. The van der Waals surface area contributed by atoms with Gasteiger partial charge in [0.1, 0.15) is 5.82 Å². The van der Waals surface area contributed by atoms with Crippen LogP contribution in [0.3, 0.4) is 0 Å². The van der Waals surface area contributed by atoms with Crippen molar-refractivity contribution < 1.29 is 8.50 Å². The highest BCUT2D eigenvalue weighted by molar-refractivity contribution is 9.13. The zero-order valence-corrected chi connectivity index (χ0v) is 7.31. The topological polar surface area (TPSA) is 0 Å². The fourth-order valence-electron chi connectivity index (χ4n) is 0.347. The highest BCUT2D eigenvalue weighted by Gasteiger charge is 1.99. The monoisotopic (exact) mass is 255 g/mol. The minimum Gasteiger partial charge on any atom is -0.206 e. The van der Waals surface area contributed by atoms with Crippen LogP contribution in [0, 0.1) is 5.82 Å². The van der Waals surface area contributed by atoms with Gasteiger partial charge in [0.05, 0.1) is 8.58 Å². The Kier molecular flexibility index (Phi) is 1.27. The highest BCUT2D eigenvalue weighted by Crippen LogP contribution is 2.24. The maximum Gasteiger partial charge on any atom is 0.138 e. The van der Waals surface area contributed by atoms with E-state index in [0.29, 0.717) is 0 Å². The Balaban J connectivity index is 3.60. The van der Waals surface area contributed by atoms with Crippen molar-refractivity contribution in [3.63, 3.8) is 0 Å². The van der Waals surface area contributed by atoms with E-state index in [9.17, 15) is 4.39 Å². The molecule has 0 aliphatic carbocycles. The number of hydrogen-bond donors (Lipinski definition) is 0. The first kappa shape index (κ1) is 4.09. The van der Waals surface area contributed by atoms with E-state index in [0.717, 1.165) is 0 Å². The number of hydrogen-bond acceptors (Lipinski definition) is 0. The van der Waals surface area contributed by atoms with Crippen LogP contribution in [0.4, 0.5) is 4.39 Å². The van der Waals surface area contributed by atoms with Crippen LogP contribution < -0.4 is 0 Å². The van der Waals surface area contributed by atoms with Crippen LogP contribution in [0.15, 0.2) is 27.1 Å². The number of benzene rings is 1. The van der Waals surface area contributed by atoms with E-state index in [-0.39, 0.29) is 15.0 Å². The Morgan fingerprint density at radius 3 is 2.78 bits per heavy atom. The first-order valence-electron chi connectivity index (χ1n) is 3.57. The average Bonchev–Trinajstić information content (AvgIpc) is 2.08. The summed E-state index contributed by atoms with van der Waals surface area (Å²) in [5, 5.41) is 0. The molecule has 0 spiro atoms. The summed E-state index contributed by atoms with van der Waals surface area (Å²) < 4.78 is 34.7. The lowest BCUT2D eigenvalue weighted by Gasteiger charge is -1.93. The van der Waals surface area contributed by atoms with Crippen LogP contribution in [0.25, 0.3) is 0 Å². The van der Waals surface area contributed by atoms with E-state index < -0.39 is 17.9 Å². The largest absolute Gasteiger partial charge is 0.206 e. The van der Waals surface area contributed by atoms with Gasteiger partial charge in [-0.2, -0.15) is 0 Å². The Bertz CT molecular complexity index is 235. The summed E-state index contributed by atoms with van der Waals surface area (Å²) in [6.45, 7) is 0.